The zero-order valence-electron chi connectivity index (χ0n) is 33.9. The van der Waals surface area contributed by atoms with Gasteiger partial charge in [-0.1, -0.05) is 25.1 Å². The number of pyridine rings is 1. The Kier molecular flexibility index (Phi) is 11.8. The molecule has 3 amide bonds. The molecule has 60 heavy (non-hydrogen) atoms. The summed E-state index contributed by atoms with van der Waals surface area (Å²) in [4.78, 5) is 50.4. The van der Waals surface area contributed by atoms with E-state index in [1.54, 1.807) is 0 Å². The van der Waals surface area contributed by atoms with E-state index in [1.165, 1.54) is 29.8 Å². The van der Waals surface area contributed by atoms with Gasteiger partial charge in [-0.15, -0.1) is 0 Å². The summed E-state index contributed by atoms with van der Waals surface area (Å²) in [5.41, 5.74) is 2.55. The molecule has 3 aliphatic rings. The highest BCUT2D eigenvalue weighted by atomic mass is 32.2. The molecule has 6 heterocycles. The van der Waals surface area contributed by atoms with E-state index in [0.29, 0.717) is 55.5 Å². The van der Waals surface area contributed by atoms with E-state index < -0.39 is 35.2 Å². The Bertz CT molecular complexity index is 2510. The summed E-state index contributed by atoms with van der Waals surface area (Å²) in [5.74, 6) is 1.42. The molecule has 3 aromatic heterocycles. The molecule has 3 saturated heterocycles. The van der Waals surface area contributed by atoms with Crippen LogP contribution in [-0.4, -0.2) is 101 Å². The number of piperidine rings is 2. The van der Waals surface area contributed by atoms with E-state index in [2.05, 4.69) is 61.8 Å². The Morgan fingerprint density at radius 3 is 2.47 bits per heavy atom. The van der Waals surface area contributed by atoms with Crippen LogP contribution >= 0.6 is 0 Å². The molecule has 0 aliphatic carbocycles. The zero-order chi connectivity index (χ0) is 42.3. The number of benzene rings is 2. The van der Waals surface area contributed by atoms with Gasteiger partial charge in [0.15, 0.2) is 5.82 Å². The Labute approximate surface area is 347 Å². The first-order chi connectivity index (χ1) is 28.7. The highest BCUT2D eigenvalue weighted by molar-refractivity contribution is 7.82. The predicted molar refractivity (Wildman–Crippen MR) is 223 cm³/mol. The van der Waals surface area contributed by atoms with Gasteiger partial charge in [-0.3, -0.25) is 29.1 Å². The van der Waals surface area contributed by atoms with Crippen molar-refractivity contribution in [1.29, 1.82) is 0 Å². The second-order valence-corrected chi connectivity index (χ2v) is 17.9. The fourth-order valence-corrected chi connectivity index (χ4v) is 10.1. The van der Waals surface area contributed by atoms with E-state index in [-0.39, 0.29) is 35.5 Å². The monoisotopic (exact) mass is 846 g/mol. The van der Waals surface area contributed by atoms with Crippen LogP contribution in [0.15, 0.2) is 64.4 Å². The zero-order valence-corrected chi connectivity index (χ0v) is 34.7. The van der Waals surface area contributed by atoms with Crippen LogP contribution in [-0.2, 0) is 42.7 Å². The van der Waals surface area contributed by atoms with Crippen molar-refractivity contribution in [1.82, 2.24) is 38.8 Å². The van der Waals surface area contributed by atoms with E-state index in [4.69, 9.17) is 0 Å². The van der Waals surface area contributed by atoms with Gasteiger partial charge < -0.3 is 10.2 Å². The van der Waals surface area contributed by atoms with Gasteiger partial charge in [-0.25, -0.2) is 18.3 Å². The predicted octanol–water partition coefficient (Wildman–Crippen LogP) is 5.42. The molecule has 5 aromatic rings. The maximum Gasteiger partial charge on any atom is 0.393 e. The number of fused-ring (bicyclic) bond motifs is 2. The van der Waals surface area contributed by atoms with Gasteiger partial charge >= 0.3 is 12.2 Å². The number of alkyl halides is 3. The number of aromatic nitrogens is 5. The maximum absolute atomic E-state index is 13.7. The van der Waals surface area contributed by atoms with Crippen LogP contribution in [0.3, 0.4) is 0 Å². The number of anilines is 2. The molecule has 18 heteroatoms. The molecule has 2 N–H and O–H groups in total. The lowest BCUT2D eigenvalue weighted by Crippen LogP contribution is -2.49. The van der Waals surface area contributed by atoms with Gasteiger partial charge in [0.1, 0.15) is 16.6 Å². The van der Waals surface area contributed by atoms with Crippen LogP contribution in [0.25, 0.3) is 21.9 Å². The van der Waals surface area contributed by atoms with Crippen molar-refractivity contribution < 1.29 is 27.0 Å². The fourth-order valence-electron chi connectivity index (χ4n) is 8.84. The lowest BCUT2D eigenvalue weighted by molar-refractivity contribution is -0.127. The third kappa shape index (κ3) is 9.10. The first-order valence-electron chi connectivity index (χ1n) is 20.4. The van der Waals surface area contributed by atoms with Gasteiger partial charge in [-0.2, -0.15) is 23.3 Å². The number of rotatable bonds is 11. The van der Waals surface area contributed by atoms with Crippen molar-refractivity contribution in [2.75, 3.05) is 49.5 Å². The van der Waals surface area contributed by atoms with Crippen molar-refractivity contribution >= 4 is 56.6 Å². The number of carbonyl (C=O) groups is 2. The van der Waals surface area contributed by atoms with Crippen molar-refractivity contribution in [2.45, 2.75) is 74.9 Å². The number of aryl methyl sites for hydroxylation is 2. The molecule has 2 aromatic carbocycles. The molecule has 2 atom stereocenters. The van der Waals surface area contributed by atoms with Gasteiger partial charge in [0.25, 0.3) is 5.56 Å². The van der Waals surface area contributed by atoms with Crippen LogP contribution in [0.4, 0.5) is 29.7 Å². The van der Waals surface area contributed by atoms with Gasteiger partial charge in [0.2, 0.25) is 11.9 Å². The largest absolute Gasteiger partial charge is 0.393 e. The Morgan fingerprint density at radius 2 is 1.73 bits per heavy atom. The topological polar surface area (TPSA) is 151 Å². The number of urea groups is 1. The Hall–Kier alpha value is -5.20. The lowest BCUT2D eigenvalue weighted by atomic mass is 9.88. The van der Waals surface area contributed by atoms with Crippen LogP contribution < -0.4 is 21.1 Å². The number of likely N-dealkylation sites (tertiary alicyclic amines) is 1. The molecule has 318 valence electrons. The van der Waals surface area contributed by atoms with E-state index in [1.807, 2.05) is 34.2 Å². The molecule has 3 aliphatic heterocycles. The SMILES string of the molecule is CC(Cc1cccc(S(=O)N2CCC(Nc3ncc4cc(CC(F)(F)F)c(=O)n(C)c4n3)CC2)c1)CN1CCC(c2ccc3c(N4CCC(=O)NC4=O)nn(C)c3c2)CC1. The number of hydrogen-bond acceptors (Lipinski definition) is 9. The number of amides is 3. The lowest BCUT2D eigenvalue weighted by Gasteiger charge is -2.34. The normalized spacial score (nSPS) is 18.9. The van der Waals surface area contributed by atoms with Crippen molar-refractivity contribution in [3.05, 3.63) is 81.8 Å². The fraction of sp³-hybridized carbons (Fsp3) is 0.476. The first-order valence-corrected chi connectivity index (χ1v) is 21.5. The minimum absolute atomic E-state index is 0.00219. The summed E-state index contributed by atoms with van der Waals surface area (Å²) in [5, 5.41) is 11.6. The molecule has 0 saturated carbocycles. The summed E-state index contributed by atoms with van der Waals surface area (Å²) in [7, 11) is 1.97. The number of nitrogens with zero attached hydrogens (tertiary/aromatic N) is 8. The molecule has 14 nitrogen and oxygen atoms in total. The summed E-state index contributed by atoms with van der Waals surface area (Å²) in [6.45, 7) is 6.73. The third-order valence-corrected chi connectivity index (χ3v) is 13.4. The molecule has 0 bridgehead atoms. The smallest absolute Gasteiger partial charge is 0.351 e. The van der Waals surface area contributed by atoms with Crippen molar-refractivity contribution in [2.24, 2.45) is 20.0 Å². The molecule has 0 spiro atoms. The molecule has 2 unspecified atom stereocenters. The van der Waals surface area contributed by atoms with Crippen LogP contribution in [0, 0.1) is 5.92 Å². The quantitative estimate of drug-likeness (QED) is 0.178. The molecule has 3 fully saturated rings. The summed E-state index contributed by atoms with van der Waals surface area (Å²) < 4.78 is 57.6. The standard InChI is InChI=1S/C42H49F3N10O4S/c1-26(25-53-14-9-28(10-15-53)29-7-8-34-35(22-29)52(3)50-38(34)55-18-13-36(56)48-41(55)58)19-27-5-4-6-33(20-27)60(59)54-16-11-32(12-17-54)47-40-46-24-31-21-30(23-42(43,44)45)39(57)51(2)37(31)49-40/h4-8,20-22,24,26,28,32H,9-19,23,25H2,1-3H3,(H,46,47,49)(H,48,56,58). The molecular weight excluding hydrogens is 798 g/mol. The third-order valence-electron chi connectivity index (χ3n) is 11.9. The molecular formula is C42H49F3N10O4S. The molecule has 8 rings (SSSR count). The number of imide groups is 1. The number of halogens is 3. The highest BCUT2D eigenvalue weighted by Gasteiger charge is 2.31. The Balaban J connectivity index is 0.808. The van der Waals surface area contributed by atoms with Gasteiger partial charge in [0.05, 0.1) is 16.8 Å². The van der Waals surface area contributed by atoms with Crippen LogP contribution in [0.1, 0.15) is 61.6 Å². The average Bonchev–Trinajstić information content (AvgIpc) is 3.54. The Morgan fingerprint density at radius 1 is 0.967 bits per heavy atom. The van der Waals surface area contributed by atoms with Gasteiger partial charge in [0, 0.05) is 75.3 Å². The van der Waals surface area contributed by atoms with Gasteiger partial charge in [-0.05, 0) is 98.5 Å². The number of hydrogen-bond donors (Lipinski definition) is 2. The average molecular weight is 847 g/mol. The van der Waals surface area contributed by atoms with Crippen molar-refractivity contribution in [3.63, 3.8) is 0 Å². The minimum atomic E-state index is -4.50. The summed E-state index contributed by atoms with van der Waals surface area (Å²) in [6.07, 6.45) is 0.208. The second-order valence-electron chi connectivity index (χ2n) is 16.4. The second kappa shape index (κ2) is 17.0. The molecule has 0 radical (unpaired) electrons. The van der Waals surface area contributed by atoms with Crippen LogP contribution in [0.5, 0.6) is 0 Å². The van der Waals surface area contributed by atoms with Crippen molar-refractivity contribution in [3.8, 4) is 0 Å². The first kappa shape index (κ1) is 41.5. The van der Waals surface area contributed by atoms with Crippen LogP contribution in [0.2, 0.25) is 0 Å². The van der Waals surface area contributed by atoms with E-state index in [0.717, 1.165) is 64.8 Å². The maximum atomic E-state index is 13.7. The summed E-state index contributed by atoms with van der Waals surface area (Å²) in [6, 6.07) is 15.2. The highest BCUT2D eigenvalue weighted by Crippen LogP contribution is 2.34. The number of carbonyl (C=O) groups excluding carboxylic acids is 2. The van der Waals surface area contributed by atoms with E-state index >= 15 is 0 Å². The number of nitrogens with one attached hydrogen (secondary N) is 2. The van der Waals surface area contributed by atoms with E-state index in [9.17, 15) is 31.8 Å². The minimum Gasteiger partial charge on any atom is -0.351 e. The summed E-state index contributed by atoms with van der Waals surface area (Å²) >= 11 is 0.